The summed E-state index contributed by atoms with van der Waals surface area (Å²) in [5.41, 5.74) is 0. The topological polar surface area (TPSA) is 9.23 Å². The van der Waals surface area contributed by atoms with Gasteiger partial charge in [-0.25, -0.2) is 4.39 Å². The quantitative estimate of drug-likeness (QED) is 0.629. The molecule has 0 spiro atoms. The van der Waals surface area contributed by atoms with Crippen LogP contribution in [0.25, 0.3) is 0 Å². The van der Waals surface area contributed by atoms with E-state index in [0.29, 0.717) is 0 Å². The minimum atomic E-state index is -0.711. The summed E-state index contributed by atoms with van der Waals surface area (Å²) in [4.78, 5) is 3.30. The predicted octanol–water partition coefficient (Wildman–Crippen LogP) is 3.40. The maximum absolute atomic E-state index is 12.5. The molecule has 0 unspecified atom stereocenters. The van der Waals surface area contributed by atoms with Gasteiger partial charge in [0.25, 0.3) is 0 Å². The van der Waals surface area contributed by atoms with Crippen LogP contribution in [0.2, 0.25) is 10.0 Å². The predicted molar refractivity (Wildman–Crippen MR) is 38.2 cm³/mol. The number of hydrogen-bond acceptors (Lipinski definition) is 1. The van der Waals surface area contributed by atoms with Gasteiger partial charge in [0, 0.05) is 10.6 Å². The molecular weight excluding hydrogens is 197 g/mol. The standard InChI is InChI=1S/C6H2Cl2F2O/c7-3-2-6(11-10)4(8)1-5(3)9/h1-2H. The molecule has 60 valence electrons. The van der Waals surface area contributed by atoms with Crippen LogP contribution in [-0.4, -0.2) is 0 Å². The molecule has 5 heteroatoms. The SMILES string of the molecule is FOc1cc(Cl)c(F)cc1Cl. The number of halogens is 4. The fourth-order valence-corrected chi connectivity index (χ4v) is 0.897. The first kappa shape index (κ1) is 8.56. The summed E-state index contributed by atoms with van der Waals surface area (Å²) >= 11 is 10.6. The molecule has 1 aromatic rings. The van der Waals surface area contributed by atoms with Crippen LogP contribution in [0.1, 0.15) is 0 Å². The zero-order valence-corrected chi connectivity index (χ0v) is 6.59. The molecule has 11 heavy (non-hydrogen) atoms. The Morgan fingerprint density at radius 2 is 1.82 bits per heavy atom. The van der Waals surface area contributed by atoms with Crippen LogP contribution < -0.4 is 4.94 Å². The molecule has 0 aliphatic carbocycles. The van der Waals surface area contributed by atoms with E-state index in [9.17, 15) is 8.92 Å². The summed E-state index contributed by atoms with van der Waals surface area (Å²) in [5.74, 6) is -1.00. The maximum atomic E-state index is 12.5. The molecule has 0 aliphatic heterocycles. The average Bonchev–Trinajstić information content (AvgIpc) is 1.97. The van der Waals surface area contributed by atoms with Gasteiger partial charge in [-0.05, 0) is 6.07 Å². The Morgan fingerprint density at radius 3 is 2.36 bits per heavy atom. The van der Waals surface area contributed by atoms with E-state index < -0.39 is 5.82 Å². The molecule has 0 fully saturated rings. The Bertz CT molecular complexity index is 278. The van der Waals surface area contributed by atoms with Crippen molar-refractivity contribution in [3.63, 3.8) is 0 Å². The molecule has 1 aromatic carbocycles. The van der Waals surface area contributed by atoms with Gasteiger partial charge < -0.3 is 0 Å². The molecule has 0 atom stereocenters. The second-order valence-electron chi connectivity index (χ2n) is 1.77. The van der Waals surface area contributed by atoms with Crippen LogP contribution >= 0.6 is 23.2 Å². The van der Waals surface area contributed by atoms with Gasteiger partial charge in [0.2, 0.25) is 0 Å². The van der Waals surface area contributed by atoms with Crippen molar-refractivity contribution in [3.8, 4) is 5.75 Å². The summed E-state index contributed by atoms with van der Waals surface area (Å²) < 4.78 is 24.0. The highest BCUT2D eigenvalue weighted by Gasteiger charge is 2.07. The fraction of sp³-hybridized carbons (Fsp3) is 0. The van der Waals surface area contributed by atoms with E-state index >= 15 is 0 Å². The lowest BCUT2D eigenvalue weighted by Gasteiger charge is -1.98. The maximum Gasteiger partial charge on any atom is 0.192 e. The van der Waals surface area contributed by atoms with Crippen LogP contribution in [0.4, 0.5) is 8.92 Å². The minimum Gasteiger partial charge on any atom is -0.293 e. The molecule has 0 saturated heterocycles. The molecule has 0 aromatic heterocycles. The highest BCUT2D eigenvalue weighted by atomic mass is 35.5. The van der Waals surface area contributed by atoms with E-state index in [1.165, 1.54) is 0 Å². The van der Waals surface area contributed by atoms with Crippen molar-refractivity contribution in [1.82, 2.24) is 0 Å². The van der Waals surface area contributed by atoms with E-state index in [4.69, 9.17) is 23.2 Å². The summed E-state index contributed by atoms with van der Waals surface area (Å²) in [6.45, 7) is 0. The molecule has 0 N–H and O–H groups in total. The van der Waals surface area contributed by atoms with Crippen molar-refractivity contribution in [2.75, 3.05) is 0 Å². The Kier molecular flexibility index (Phi) is 2.52. The minimum absolute atomic E-state index is 0.158. The number of rotatable bonds is 1. The lowest BCUT2D eigenvalue weighted by Crippen LogP contribution is -1.82. The second-order valence-corrected chi connectivity index (χ2v) is 2.59. The van der Waals surface area contributed by atoms with Gasteiger partial charge in [0.15, 0.2) is 5.75 Å². The highest BCUT2D eigenvalue weighted by molar-refractivity contribution is 6.34. The molecular formula is C6H2Cl2F2O. The van der Waals surface area contributed by atoms with Gasteiger partial charge >= 0.3 is 0 Å². The Morgan fingerprint density at radius 1 is 1.18 bits per heavy atom. The first-order valence-corrected chi connectivity index (χ1v) is 3.34. The first-order valence-electron chi connectivity index (χ1n) is 2.58. The van der Waals surface area contributed by atoms with Gasteiger partial charge in [-0.3, -0.25) is 4.94 Å². The zero-order chi connectivity index (χ0) is 8.43. The third-order valence-corrected chi connectivity index (χ3v) is 1.64. The van der Waals surface area contributed by atoms with E-state index in [2.05, 4.69) is 4.94 Å². The third kappa shape index (κ3) is 1.73. The molecule has 1 rings (SSSR count). The molecule has 0 saturated carbocycles. The van der Waals surface area contributed by atoms with Gasteiger partial charge in [0.05, 0.1) is 10.0 Å². The lowest BCUT2D eigenvalue weighted by molar-refractivity contribution is -0.00613. The Balaban J connectivity index is 3.21. The van der Waals surface area contributed by atoms with E-state index in [1.54, 1.807) is 0 Å². The van der Waals surface area contributed by atoms with E-state index in [0.717, 1.165) is 12.1 Å². The zero-order valence-electron chi connectivity index (χ0n) is 5.07. The summed E-state index contributed by atoms with van der Waals surface area (Å²) in [7, 11) is 0. The molecule has 0 aliphatic rings. The van der Waals surface area contributed by atoms with Crippen LogP contribution in [0.3, 0.4) is 0 Å². The highest BCUT2D eigenvalue weighted by Crippen LogP contribution is 2.30. The first-order chi connectivity index (χ1) is 5.15. The largest absolute Gasteiger partial charge is 0.293 e. The summed E-state index contributed by atoms with van der Waals surface area (Å²) in [6, 6.07) is 1.83. The summed E-state index contributed by atoms with van der Waals surface area (Å²) in [6.07, 6.45) is 0. The van der Waals surface area contributed by atoms with Crippen LogP contribution in [0.15, 0.2) is 12.1 Å². The van der Waals surface area contributed by atoms with Gasteiger partial charge in [-0.1, -0.05) is 23.2 Å². The fourth-order valence-electron chi connectivity index (χ4n) is 0.563. The number of benzene rings is 1. The van der Waals surface area contributed by atoms with Crippen LogP contribution in [-0.2, 0) is 0 Å². The molecule has 0 heterocycles. The van der Waals surface area contributed by atoms with Crippen molar-refractivity contribution in [2.45, 2.75) is 0 Å². The van der Waals surface area contributed by atoms with Crippen molar-refractivity contribution in [1.29, 1.82) is 0 Å². The van der Waals surface area contributed by atoms with Crippen molar-refractivity contribution in [2.24, 2.45) is 0 Å². The van der Waals surface area contributed by atoms with Crippen LogP contribution in [0.5, 0.6) is 5.75 Å². The van der Waals surface area contributed by atoms with Crippen molar-refractivity contribution < 1.29 is 13.9 Å². The van der Waals surface area contributed by atoms with E-state index in [-0.39, 0.29) is 15.8 Å². The smallest absolute Gasteiger partial charge is 0.192 e. The molecule has 0 bridgehead atoms. The second kappa shape index (κ2) is 3.24. The summed E-state index contributed by atoms with van der Waals surface area (Å²) in [5, 5.41) is -0.392. The third-order valence-electron chi connectivity index (χ3n) is 1.06. The average molecular weight is 199 g/mol. The van der Waals surface area contributed by atoms with Gasteiger partial charge in [-0.2, -0.15) is 0 Å². The van der Waals surface area contributed by atoms with Crippen molar-refractivity contribution >= 4 is 23.2 Å². The molecule has 1 nitrogen and oxygen atoms in total. The molecule has 0 amide bonds. The molecule has 0 radical (unpaired) electrons. The number of hydrogen-bond donors (Lipinski definition) is 0. The van der Waals surface area contributed by atoms with Crippen molar-refractivity contribution in [3.05, 3.63) is 28.0 Å². The normalized spacial score (nSPS) is 9.82. The Labute approximate surface area is 71.4 Å². The van der Waals surface area contributed by atoms with Gasteiger partial charge in [-0.15, -0.1) is 0 Å². The van der Waals surface area contributed by atoms with Crippen LogP contribution in [0, 0.1) is 5.82 Å². The Hall–Kier alpha value is -0.540. The van der Waals surface area contributed by atoms with Gasteiger partial charge in [0.1, 0.15) is 5.82 Å². The lowest BCUT2D eigenvalue weighted by atomic mass is 10.3. The van der Waals surface area contributed by atoms with E-state index in [1.807, 2.05) is 0 Å². The monoisotopic (exact) mass is 198 g/mol.